The smallest absolute Gasteiger partial charge is 0.143 e. The molecule has 46 heavy (non-hydrogen) atoms. The molecule has 0 amide bonds. The van der Waals surface area contributed by atoms with Crippen LogP contribution in [0.5, 0.6) is 0 Å². The van der Waals surface area contributed by atoms with Crippen molar-refractivity contribution in [2.24, 2.45) is 16.8 Å². The highest BCUT2D eigenvalue weighted by Gasteiger charge is 2.68. The second-order valence-electron chi connectivity index (χ2n) is 12.8. The number of hydrogen-bond donors (Lipinski definition) is 1. The number of para-hydroxylation sites is 3. The van der Waals surface area contributed by atoms with Crippen LogP contribution in [0.3, 0.4) is 0 Å². The lowest BCUT2D eigenvalue weighted by Gasteiger charge is -2.31. The van der Waals surface area contributed by atoms with Crippen LogP contribution < -0.4 is 5.32 Å². The van der Waals surface area contributed by atoms with E-state index in [4.69, 9.17) is 9.41 Å². The minimum Gasteiger partial charge on any atom is -0.455 e. The van der Waals surface area contributed by atoms with Gasteiger partial charge >= 0.3 is 0 Å². The molecular formula is C42H31N3O. The average Bonchev–Trinajstić information content (AvgIpc) is 3.39. The lowest BCUT2D eigenvalue weighted by molar-refractivity contribution is 0.393. The van der Waals surface area contributed by atoms with Gasteiger partial charge in [-0.1, -0.05) is 128 Å². The fourth-order valence-electron chi connectivity index (χ4n) is 8.27. The normalized spacial score (nSPS) is 22.4. The number of rotatable bonds is 3. The molecule has 0 bridgehead atoms. The molecule has 1 saturated carbocycles. The molecule has 1 aliphatic heterocycles. The number of nitrogens with one attached hydrogen (secondary N) is 1. The van der Waals surface area contributed by atoms with Crippen LogP contribution >= 0.6 is 0 Å². The van der Waals surface area contributed by atoms with Gasteiger partial charge in [-0.2, -0.15) is 0 Å². The van der Waals surface area contributed by atoms with Crippen molar-refractivity contribution in [2.45, 2.75) is 18.6 Å². The molecule has 0 spiro atoms. The van der Waals surface area contributed by atoms with Gasteiger partial charge in [0, 0.05) is 33.0 Å². The van der Waals surface area contributed by atoms with Crippen molar-refractivity contribution in [3.8, 4) is 11.1 Å². The maximum Gasteiger partial charge on any atom is 0.143 e. The molecule has 10 rings (SSSR count). The summed E-state index contributed by atoms with van der Waals surface area (Å²) in [5.41, 5.74) is 8.77. The van der Waals surface area contributed by atoms with Crippen LogP contribution in [0.2, 0.25) is 0 Å². The van der Waals surface area contributed by atoms with Gasteiger partial charge < -0.3 is 4.42 Å². The van der Waals surface area contributed by atoms with Crippen molar-refractivity contribution >= 4 is 49.6 Å². The highest BCUT2D eigenvalue weighted by atomic mass is 16.3. The van der Waals surface area contributed by atoms with Gasteiger partial charge in [-0.3, -0.25) is 9.88 Å². The molecule has 4 heteroatoms. The molecule has 6 aromatic carbocycles. The Balaban J connectivity index is 1.20. The van der Waals surface area contributed by atoms with Gasteiger partial charge in [0.05, 0.1) is 16.6 Å². The molecule has 0 saturated heterocycles. The SMILES string of the molecule is CC1C2C(n3c4ccccc4c4cc(-c5cccc6c5oc5ccccc56)ccc43)=NC(c3ccccc3)NC12c1ccccc1. The van der Waals surface area contributed by atoms with Crippen molar-refractivity contribution in [3.63, 3.8) is 0 Å². The molecule has 0 radical (unpaired) electrons. The summed E-state index contributed by atoms with van der Waals surface area (Å²) in [6.07, 6.45) is -0.154. The Bertz CT molecular complexity index is 2490. The topological polar surface area (TPSA) is 42.5 Å². The van der Waals surface area contributed by atoms with Gasteiger partial charge in [-0.05, 0) is 46.9 Å². The summed E-state index contributed by atoms with van der Waals surface area (Å²) < 4.78 is 8.89. The van der Waals surface area contributed by atoms with Crippen LogP contribution in [-0.2, 0) is 5.54 Å². The number of benzene rings is 6. The number of nitrogens with zero attached hydrogens (tertiary/aromatic N) is 2. The van der Waals surface area contributed by atoms with Gasteiger partial charge in [-0.25, -0.2) is 4.99 Å². The van der Waals surface area contributed by atoms with Crippen LogP contribution in [-0.4, -0.2) is 10.4 Å². The number of hydrogen-bond acceptors (Lipinski definition) is 3. The van der Waals surface area contributed by atoms with E-state index in [1.807, 2.05) is 12.1 Å². The third-order valence-electron chi connectivity index (χ3n) is 10.5. The molecule has 2 aromatic heterocycles. The van der Waals surface area contributed by atoms with Gasteiger partial charge in [0.1, 0.15) is 23.2 Å². The Kier molecular flexibility index (Phi) is 5.35. The van der Waals surface area contributed by atoms with E-state index < -0.39 is 0 Å². The molecule has 8 aromatic rings. The largest absolute Gasteiger partial charge is 0.455 e. The van der Waals surface area contributed by atoms with Gasteiger partial charge in [0.2, 0.25) is 0 Å². The molecule has 4 unspecified atom stereocenters. The quantitative estimate of drug-likeness (QED) is 0.222. The molecule has 220 valence electrons. The van der Waals surface area contributed by atoms with Gasteiger partial charge in [0.15, 0.2) is 0 Å². The minimum absolute atomic E-state index is 0.154. The third-order valence-corrected chi connectivity index (χ3v) is 10.5. The first kappa shape index (κ1) is 25.8. The first-order chi connectivity index (χ1) is 22.7. The zero-order valence-corrected chi connectivity index (χ0v) is 25.4. The Morgan fingerprint density at radius 2 is 1.35 bits per heavy atom. The van der Waals surface area contributed by atoms with Crippen LogP contribution in [0.25, 0.3) is 54.9 Å². The van der Waals surface area contributed by atoms with Crippen molar-refractivity contribution < 1.29 is 4.42 Å². The number of aromatic nitrogens is 1. The Hall–Kier alpha value is -5.45. The Morgan fingerprint density at radius 3 is 2.20 bits per heavy atom. The van der Waals surface area contributed by atoms with Crippen LogP contribution in [0.4, 0.5) is 0 Å². The second-order valence-corrected chi connectivity index (χ2v) is 12.8. The molecule has 1 N–H and O–H groups in total. The van der Waals surface area contributed by atoms with Gasteiger partial charge in [-0.15, -0.1) is 0 Å². The van der Waals surface area contributed by atoms with E-state index in [0.29, 0.717) is 5.92 Å². The summed E-state index contributed by atoms with van der Waals surface area (Å²) in [7, 11) is 0. The van der Waals surface area contributed by atoms with Crippen molar-refractivity contribution in [1.82, 2.24) is 9.88 Å². The second kappa shape index (κ2) is 9.53. The van der Waals surface area contributed by atoms with E-state index in [1.54, 1.807) is 0 Å². The molecule has 3 heterocycles. The van der Waals surface area contributed by atoms with E-state index in [1.165, 1.54) is 32.9 Å². The molecule has 1 fully saturated rings. The first-order valence-electron chi connectivity index (χ1n) is 16.1. The highest BCUT2D eigenvalue weighted by molar-refractivity contribution is 6.17. The van der Waals surface area contributed by atoms with E-state index in [2.05, 4.69) is 150 Å². The molecule has 2 aliphatic rings. The Morgan fingerprint density at radius 1 is 0.652 bits per heavy atom. The van der Waals surface area contributed by atoms with Crippen LogP contribution in [0.15, 0.2) is 155 Å². The molecular weight excluding hydrogens is 562 g/mol. The minimum atomic E-state index is -0.187. The van der Waals surface area contributed by atoms with E-state index in [-0.39, 0.29) is 17.6 Å². The monoisotopic (exact) mass is 593 g/mol. The maximum absolute atomic E-state index is 6.44. The summed E-state index contributed by atoms with van der Waals surface area (Å²) in [5.74, 6) is 1.74. The fraction of sp³-hybridized carbons (Fsp3) is 0.119. The molecule has 4 atom stereocenters. The number of fused-ring (bicyclic) bond motifs is 7. The number of aliphatic imine (C=N–C) groups is 1. The van der Waals surface area contributed by atoms with Gasteiger partial charge in [0.25, 0.3) is 0 Å². The summed E-state index contributed by atoms with van der Waals surface area (Å²) in [6.45, 7) is 2.37. The summed E-state index contributed by atoms with van der Waals surface area (Å²) >= 11 is 0. The first-order valence-corrected chi connectivity index (χ1v) is 16.1. The zero-order valence-electron chi connectivity index (χ0n) is 25.4. The zero-order chi connectivity index (χ0) is 30.4. The van der Waals surface area contributed by atoms with Crippen molar-refractivity contribution in [3.05, 3.63) is 157 Å². The fourth-order valence-corrected chi connectivity index (χ4v) is 8.27. The van der Waals surface area contributed by atoms with Crippen molar-refractivity contribution in [2.75, 3.05) is 0 Å². The standard InChI is InChI=1S/C42H31N3O/c1-26-38-41(43-40(27-13-4-2-5-14-27)44-42(26,38)29-15-6-3-7-16-29)45-35-21-10-8-17-31(35)34-25-28(23-24-36(34)45)30-19-12-20-33-32-18-9-11-22-37(32)46-39(30)33/h2-26,38,40,44H,1H3. The summed E-state index contributed by atoms with van der Waals surface area (Å²) in [6, 6.07) is 52.0. The van der Waals surface area contributed by atoms with E-state index in [9.17, 15) is 0 Å². The van der Waals surface area contributed by atoms with E-state index in [0.717, 1.165) is 38.9 Å². The van der Waals surface area contributed by atoms with Crippen LogP contribution in [0, 0.1) is 11.8 Å². The lowest BCUT2D eigenvalue weighted by atomic mass is 9.97. The van der Waals surface area contributed by atoms with Crippen LogP contribution in [0.1, 0.15) is 24.2 Å². The maximum atomic E-state index is 6.44. The molecule has 4 nitrogen and oxygen atoms in total. The van der Waals surface area contributed by atoms with Crippen molar-refractivity contribution in [1.29, 1.82) is 0 Å². The van der Waals surface area contributed by atoms with E-state index >= 15 is 0 Å². The summed E-state index contributed by atoms with van der Waals surface area (Å²) in [4.78, 5) is 5.54. The summed E-state index contributed by atoms with van der Waals surface area (Å²) in [5, 5.41) is 8.76. The molecule has 1 aliphatic carbocycles. The third kappa shape index (κ3) is 3.50. The number of furan rings is 1. The average molecular weight is 594 g/mol. The highest BCUT2D eigenvalue weighted by Crippen LogP contribution is 2.62. The Labute approximate surface area is 266 Å². The predicted octanol–water partition coefficient (Wildman–Crippen LogP) is 10.1. The predicted molar refractivity (Wildman–Crippen MR) is 188 cm³/mol. The lowest BCUT2D eigenvalue weighted by Crippen LogP contribution is -2.41.